The number of rotatable bonds is 4. The lowest BCUT2D eigenvalue weighted by atomic mass is 9.97. The molecular weight excluding hydrogens is 224 g/mol. The largest absolute Gasteiger partial charge is 0.507 e. The highest BCUT2D eigenvalue weighted by Crippen LogP contribution is 2.33. The average molecular weight is 248 g/mol. The van der Waals surface area contributed by atoms with Crippen LogP contribution in [-0.2, 0) is 6.42 Å². The van der Waals surface area contributed by atoms with Gasteiger partial charge in [0.15, 0.2) is 0 Å². The summed E-state index contributed by atoms with van der Waals surface area (Å²) in [5, 5.41) is 13.8. The summed E-state index contributed by atoms with van der Waals surface area (Å²) >= 11 is 0. The van der Waals surface area contributed by atoms with Crippen molar-refractivity contribution in [2.24, 2.45) is 0 Å². The van der Waals surface area contributed by atoms with Crippen molar-refractivity contribution >= 4 is 0 Å². The van der Waals surface area contributed by atoms with Gasteiger partial charge in [0.25, 0.3) is 0 Å². The Balaban J connectivity index is 2.26. The maximum Gasteiger partial charge on any atom is 0.123 e. The van der Waals surface area contributed by atoms with E-state index < -0.39 is 0 Å². The van der Waals surface area contributed by atoms with Gasteiger partial charge < -0.3 is 10.4 Å². The van der Waals surface area contributed by atoms with E-state index in [2.05, 4.69) is 36.2 Å². The Hall–Kier alpha value is -1.06. The lowest BCUT2D eigenvalue weighted by molar-refractivity contribution is 0.166. The first-order valence-electron chi connectivity index (χ1n) is 7.03. The third-order valence-electron chi connectivity index (χ3n) is 3.87. The molecule has 0 radical (unpaired) electrons. The zero-order chi connectivity index (χ0) is 13.0. The van der Waals surface area contributed by atoms with Gasteiger partial charge in [0.05, 0.1) is 0 Å². The molecule has 1 aromatic rings. The Morgan fingerprint density at radius 3 is 2.61 bits per heavy atom. The molecule has 3 heteroatoms. The standard InChI is InChI=1S/C15H24N2O/c1-3-12-6-5-7-13(15(12)18)14(4-2)17-10-8-16-9-11-17/h5-7,14,16,18H,3-4,8-11H2,1-2H3/t14-/m1/s1. The van der Waals surface area contributed by atoms with Crippen molar-refractivity contribution in [2.45, 2.75) is 32.7 Å². The monoisotopic (exact) mass is 248 g/mol. The number of phenolic OH excluding ortho intramolecular Hbond substituents is 1. The van der Waals surface area contributed by atoms with Crippen LogP contribution in [0.4, 0.5) is 0 Å². The highest BCUT2D eigenvalue weighted by atomic mass is 16.3. The number of hydrogen-bond acceptors (Lipinski definition) is 3. The second kappa shape index (κ2) is 6.21. The third-order valence-corrected chi connectivity index (χ3v) is 3.87. The maximum absolute atomic E-state index is 10.4. The van der Waals surface area contributed by atoms with Gasteiger partial charge in [-0.25, -0.2) is 0 Å². The molecule has 0 aliphatic carbocycles. The van der Waals surface area contributed by atoms with Crippen LogP contribution in [0.15, 0.2) is 18.2 Å². The van der Waals surface area contributed by atoms with Crippen LogP contribution < -0.4 is 5.32 Å². The van der Waals surface area contributed by atoms with Crippen LogP contribution in [0.3, 0.4) is 0 Å². The van der Waals surface area contributed by atoms with Crippen molar-refractivity contribution in [3.63, 3.8) is 0 Å². The van der Waals surface area contributed by atoms with E-state index in [0.717, 1.165) is 50.1 Å². The van der Waals surface area contributed by atoms with Gasteiger partial charge in [0.2, 0.25) is 0 Å². The van der Waals surface area contributed by atoms with E-state index in [9.17, 15) is 5.11 Å². The minimum absolute atomic E-state index is 0.346. The van der Waals surface area contributed by atoms with E-state index in [1.54, 1.807) is 0 Å². The van der Waals surface area contributed by atoms with Gasteiger partial charge in [-0.3, -0.25) is 4.90 Å². The molecule has 18 heavy (non-hydrogen) atoms. The zero-order valence-electron chi connectivity index (χ0n) is 11.4. The molecule has 0 spiro atoms. The first-order valence-corrected chi connectivity index (χ1v) is 7.03. The Labute approximate surface area is 110 Å². The second-order valence-electron chi connectivity index (χ2n) is 4.92. The van der Waals surface area contributed by atoms with E-state index in [-0.39, 0.29) is 0 Å². The molecule has 2 N–H and O–H groups in total. The number of benzene rings is 1. The maximum atomic E-state index is 10.4. The molecule has 1 heterocycles. The first kappa shape index (κ1) is 13.4. The summed E-state index contributed by atoms with van der Waals surface area (Å²) in [7, 11) is 0. The molecule has 0 amide bonds. The second-order valence-corrected chi connectivity index (χ2v) is 4.92. The van der Waals surface area contributed by atoms with Crippen LogP contribution in [-0.4, -0.2) is 36.2 Å². The molecule has 1 aliphatic rings. The van der Waals surface area contributed by atoms with Crippen LogP contribution in [0.2, 0.25) is 0 Å². The minimum Gasteiger partial charge on any atom is -0.507 e. The van der Waals surface area contributed by atoms with Gasteiger partial charge in [-0.2, -0.15) is 0 Å². The number of hydrogen-bond donors (Lipinski definition) is 2. The Morgan fingerprint density at radius 2 is 2.00 bits per heavy atom. The molecular formula is C15H24N2O. The summed E-state index contributed by atoms with van der Waals surface area (Å²) in [6, 6.07) is 6.51. The molecule has 1 atom stereocenters. The van der Waals surface area contributed by atoms with E-state index in [1.807, 2.05) is 6.07 Å². The van der Waals surface area contributed by atoms with Gasteiger partial charge in [-0.15, -0.1) is 0 Å². The number of piperazine rings is 1. The predicted octanol–water partition coefficient (Wildman–Crippen LogP) is 2.31. The number of aromatic hydroxyl groups is 1. The fourth-order valence-electron chi connectivity index (χ4n) is 2.83. The molecule has 1 saturated heterocycles. The summed E-state index contributed by atoms with van der Waals surface area (Å²) < 4.78 is 0. The SMILES string of the molecule is CCc1cccc([C@@H](CC)N2CCNCC2)c1O. The highest BCUT2D eigenvalue weighted by Gasteiger charge is 2.23. The fraction of sp³-hybridized carbons (Fsp3) is 0.600. The Morgan fingerprint density at radius 1 is 1.28 bits per heavy atom. The number of aryl methyl sites for hydroxylation is 1. The summed E-state index contributed by atoms with van der Waals surface area (Å²) in [6.07, 6.45) is 1.93. The molecule has 0 bridgehead atoms. The normalized spacial score (nSPS) is 18.8. The molecule has 0 aromatic heterocycles. The topological polar surface area (TPSA) is 35.5 Å². The van der Waals surface area contributed by atoms with E-state index in [0.29, 0.717) is 11.8 Å². The highest BCUT2D eigenvalue weighted by molar-refractivity contribution is 5.42. The summed E-state index contributed by atoms with van der Waals surface area (Å²) in [4.78, 5) is 2.48. The summed E-state index contributed by atoms with van der Waals surface area (Å²) in [5.41, 5.74) is 2.15. The van der Waals surface area contributed by atoms with Gasteiger partial charge in [-0.1, -0.05) is 32.0 Å². The van der Waals surface area contributed by atoms with Crippen molar-refractivity contribution in [1.82, 2.24) is 10.2 Å². The van der Waals surface area contributed by atoms with Crippen LogP contribution >= 0.6 is 0 Å². The zero-order valence-corrected chi connectivity index (χ0v) is 11.4. The first-order chi connectivity index (χ1) is 8.77. The molecule has 2 rings (SSSR count). The van der Waals surface area contributed by atoms with Gasteiger partial charge in [0, 0.05) is 37.8 Å². The van der Waals surface area contributed by atoms with Crippen LogP contribution in [0.5, 0.6) is 5.75 Å². The molecule has 3 nitrogen and oxygen atoms in total. The quantitative estimate of drug-likeness (QED) is 0.858. The van der Waals surface area contributed by atoms with Gasteiger partial charge >= 0.3 is 0 Å². The van der Waals surface area contributed by atoms with E-state index in [4.69, 9.17) is 0 Å². The van der Waals surface area contributed by atoms with Gasteiger partial charge in [0.1, 0.15) is 5.75 Å². The fourth-order valence-corrected chi connectivity index (χ4v) is 2.83. The van der Waals surface area contributed by atoms with E-state index in [1.165, 1.54) is 0 Å². The minimum atomic E-state index is 0.346. The van der Waals surface area contributed by atoms with Crippen molar-refractivity contribution in [2.75, 3.05) is 26.2 Å². The molecule has 0 unspecified atom stereocenters. The third kappa shape index (κ3) is 2.68. The molecule has 1 aliphatic heterocycles. The smallest absolute Gasteiger partial charge is 0.123 e. The number of phenols is 1. The molecule has 100 valence electrons. The van der Waals surface area contributed by atoms with Crippen molar-refractivity contribution in [3.8, 4) is 5.75 Å². The lowest BCUT2D eigenvalue weighted by Crippen LogP contribution is -2.45. The van der Waals surface area contributed by atoms with Crippen LogP contribution in [0.1, 0.15) is 37.4 Å². The van der Waals surface area contributed by atoms with Crippen molar-refractivity contribution < 1.29 is 5.11 Å². The number of nitrogens with one attached hydrogen (secondary N) is 1. The van der Waals surface area contributed by atoms with Crippen molar-refractivity contribution in [1.29, 1.82) is 0 Å². The molecule has 0 saturated carbocycles. The molecule has 1 fully saturated rings. The lowest BCUT2D eigenvalue weighted by Gasteiger charge is -2.35. The number of nitrogens with zero attached hydrogens (tertiary/aromatic N) is 1. The van der Waals surface area contributed by atoms with E-state index >= 15 is 0 Å². The van der Waals surface area contributed by atoms with Crippen LogP contribution in [0.25, 0.3) is 0 Å². The number of para-hydroxylation sites is 1. The average Bonchev–Trinajstić information content (AvgIpc) is 2.43. The Bertz CT molecular complexity index is 386. The molecule has 1 aromatic carbocycles. The van der Waals surface area contributed by atoms with Crippen LogP contribution in [0, 0.1) is 0 Å². The van der Waals surface area contributed by atoms with Gasteiger partial charge in [-0.05, 0) is 18.4 Å². The summed E-state index contributed by atoms with van der Waals surface area (Å²) in [5.74, 6) is 0.505. The Kier molecular flexibility index (Phi) is 4.61. The van der Waals surface area contributed by atoms with Crippen molar-refractivity contribution in [3.05, 3.63) is 29.3 Å². The summed E-state index contributed by atoms with van der Waals surface area (Å²) in [6.45, 7) is 8.51. The predicted molar refractivity (Wildman–Crippen MR) is 75.0 cm³/mol.